The van der Waals surface area contributed by atoms with Gasteiger partial charge in [0.25, 0.3) is 0 Å². The van der Waals surface area contributed by atoms with Crippen molar-refractivity contribution in [3.8, 4) is 22.5 Å². The van der Waals surface area contributed by atoms with Crippen LogP contribution < -0.4 is 10.4 Å². The number of pyridine rings is 4. The number of carboxylic acids is 1. The van der Waals surface area contributed by atoms with Crippen LogP contribution in [-0.4, -0.2) is 31.8 Å². The molecule has 8 nitrogen and oxygen atoms in total. The first-order chi connectivity index (χ1) is 23.6. The second-order valence-electron chi connectivity index (χ2n) is 10.5. The second-order valence-corrected chi connectivity index (χ2v) is 10.5. The summed E-state index contributed by atoms with van der Waals surface area (Å²) in [6, 6.07) is 43.0. The number of aliphatic carboxylic acids is 1. The number of aromatic nitrogens is 4. The van der Waals surface area contributed by atoms with Crippen molar-refractivity contribution >= 4 is 39.4 Å². The van der Waals surface area contributed by atoms with Gasteiger partial charge in [-0.3, -0.25) is 14.8 Å². The molecule has 1 radical (unpaired) electrons. The summed E-state index contributed by atoms with van der Waals surface area (Å²) >= 11 is 0. The van der Waals surface area contributed by atoms with Gasteiger partial charge in [-0.05, 0) is 67.0 Å². The fraction of sp³-hybridized carbons (Fsp3) is 0.100. The van der Waals surface area contributed by atoms with Gasteiger partial charge < -0.3 is 25.2 Å². The molecule has 1 amide bonds. The first kappa shape index (κ1) is 36.2. The van der Waals surface area contributed by atoms with E-state index >= 15 is 0 Å². The first-order valence-electron chi connectivity index (χ1n) is 15.5. The average Bonchev–Trinajstić information content (AvgIpc) is 3.15. The molecule has 247 valence electrons. The largest absolute Gasteiger partial charge is 0.550 e. The van der Waals surface area contributed by atoms with E-state index in [0.29, 0.717) is 18.5 Å². The van der Waals surface area contributed by atoms with E-state index < -0.39 is 5.97 Å². The van der Waals surface area contributed by atoms with Crippen LogP contribution in [0.15, 0.2) is 140 Å². The van der Waals surface area contributed by atoms with E-state index in [0.717, 1.165) is 44.3 Å². The minimum absolute atomic E-state index is 0. The van der Waals surface area contributed by atoms with Crippen LogP contribution in [0.4, 0.5) is 5.69 Å². The topological polar surface area (TPSA) is 121 Å². The van der Waals surface area contributed by atoms with E-state index in [9.17, 15) is 14.7 Å². The molecule has 0 bridgehead atoms. The Bertz CT molecular complexity index is 1900. The summed E-state index contributed by atoms with van der Waals surface area (Å²) in [4.78, 5) is 39.7. The van der Waals surface area contributed by atoms with E-state index in [4.69, 9.17) is 0 Å². The Kier molecular flexibility index (Phi) is 14.2. The number of hydrogen-bond acceptors (Lipinski definition) is 7. The SMILES string of the molecule is O=C([O-])CCCCC(=O)Nc1cc2cccnc2c2ncccc12.[Ir].[c-]1ccccc1-c1ccccn1.[c-]1ccccc1-c1ccccn1. The molecule has 3 aromatic carbocycles. The van der Waals surface area contributed by atoms with Gasteiger partial charge in [0, 0.05) is 68.1 Å². The zero-order chi connectivity index (χ0) is 33.4. The van der Waals surface area contributed by atoms with E-state index in [2.05, 4.69) is 37.4 Å². The molecule has 0 fully saturated rings. The van der Waals surface area contributed by atoms with Gasteiger partial charge in [-0.25, -0.2) is 0 Å². The van der Waals surface area contributed by atoms with Gasteiger partial charge in [0.1, 0.15) is 0 Å². The third-order valence-electron chi connectivity index (χ3n) is 7.07. The van der Waals surface area contributed by atoms with Crippen LogP contribution in [0.1, 0.15) is 25.7 Å². The van der Waals surface area contributed by atoms with Crippen molar-refractivity contribution in [3.63, 3.8) is 0 Å². The maximum absolute atomic E-state index is 12.1. The predicted molar refractivity (Wildman–Crippen MR) is 186 cm³/mol. The molecule has 0 saturated carbocycles. The molecule has 0 spiro atoms. The Morgan fingerprint density at radius 2 is 1.16 bits per heavy atom. The van der Waals surface area contributed by atoms with Gasteiger partial charge in [0.05, 0.1) is 16.7 Å². The van der Waals surface area contributed by atoms with E-state index in [1.807, 2.05) is 115 Å². The summed E-state index contributed by atoms with van der Waals surface area (Å²) in [5.74, 6) is -1.24. The molecule has 1 N–H and O–H groups in total. The molecule has 4 aromatic heterocycles. The van der Waals surface area contributed by atoms with Crippen molar-refractivity contribution in [2.45, 2.75) is 25.7 Å². The summed E-state index contributed by atoms with van der Waals surface area (Å²) in [6.45, 7) is 0. The molecule has 49 heavy (non-hydrogen) atoms. The molecule has 0 atom stereocenters. The smallest absolute Gasteiger partial charge is 0.224 e. The molecule has 7 rings (SSSR count). The number of carbonyl (C=O) groups excluding carboxylic acids is 2. The summed E-state index contributed by atoms with van der Waals surface area (Å²) in [6.07, 6.45) is 8.16. The molecule has 0 unspecified atom stereocenters. The number of benzene rings is 3. The molecule has 4 heterocycles. The molecule has 0 saturated heterocycles. The van der Waals surface area contributed by atoms with Crippen molar-refractivity contribution in [3.05, 3.63) is 152 Å². The third kappa shape index (κ3) is 11.0. The number of fused-ring (bicyclic) bond motifs is 3. The number of hydrogen-bond donors (Lipinski definition) is 1. The van der Waals surface area contributed by atoms with Crippen molar-refractivity contribution < 1.29 is 34.8 Å². The summed E-state index contributed by atoms with van der Waals surface area (Å²) < 4.78 is 0. The first-order valence-corrected chi connectivity index (χ1v) is 15.5. The molecular weight excluding hydrogens is 791 g/mol. The Balaban J connectivity index is 0.000000181. The number of rotatable bonds is 8. The number of amides is 1. The van der Waals surface area contributed by atoms with E-state index in [1.165, 1.54) is 0 Å². The maximum atomic E-state index is 12.1. The van der Waals surface area contributed by atoms with E-state index in [1.54, 1.807) is 24.8 Å². The molecule has 7 aromatic rings. The molecular formula is C40H32IrN5O3-3. The van der Waals surface area contributed by atoms with Crippen LogP contribution in [0.2, 0.25) is 0 Å². The zero-order valence-corrected chi connectivity index (χ0v) is 28.8. The zero-order valence-electron chi connectivity index (χ0n) is 26.5. The monoisotopic (exact) mass is 823 g/mol. The standard InChI is InChI=1S/C18H17N3O3.2C11H8N.Ir/c22-15(7-1-2-8-16(23)24)21-14-11-12-5-3-9-19-17(12)18-13(14)6-4-10-20-18;2*1-2-6-10(7-3-1)11-8-4-5-9-12-11;/h3-6,9-11H,1-2,7-8H2,(H,21,22)(H,23,24);2*1-6,8-9H;/q;2*-1;/p-1. The number of carboxylic acid groups (broad SMARTS) is 1. The summed E-state index contributed by atoms with van der Waals surface area (Å²) in [5, 5.41) is 15.0. The molecule has 0 aliphatic rings. The van der Waals surface area contributed by atoms with Crippen LogP contribution in [0, 0.1) is 12.1 Å². The van der Waals surface area contributed by atoms with Gasteiger partial charge in [-0.15, -0.1) is 71.8 Å². The quantitative estimate of drug-likeness (QED) is 0.0985. The maximum Gasteiger partial charge on any atom is 0.224 e. The van der Waals surface area contributed by atoms with Crippen molar-refractivity contribution in [1.29, 1.82) is 0 Å². The number of nitrogens with zero attached hydrogens (tertiary/aromatic N) is 4. The third-order valence-corrected chi connectivity index (χ3v) is 7.07. The van der Waals surface area contributed by atoms with Crippen molar-refractivity contribution in [2.75, 3.05) is 5.32 Å². The van der Waals surface area contributed by atoms with Crippen LogP contribution in [-0.2, 0) is 29.7 Å². The van der Waals surface area contributed by atoms with Crippen LogP contribution in [0.5, 0.6) is 0 Å². The van der Waals surface area contributed by atoms with E-state index in [-0.39, 0.29) is 38.9 Å². The fourth-order valence-electron chi connectivity index (χ4n) is 4.80. The number of unbranched alkanes of at least 4 members (excludes halogenated alkanes) is 1. The van der Waals surface area contributed by atoms with Gasteiger partial charge >= 0.3 is 0 Å². The van der Waals surface area contributed by atoms with Crippen molar-refractivity contribution in [1.82, 2.24) is 19.9 Å². The number of carbonyl (C=O) groups is 2. The number of anilines is 1. The second kappa shape index (κ2) is 19.3. The van der Waals surface area contributed by atoms with Gasteiger partial charge in [0.15, 0.2) is 0 Å². The minimum atomic E-state index is -1.09. The molecule has 9 heteroatoms. The van der Waals surface area contributed by atoms with Gasteiger partial charge in [-0.2, -0.15) is 0 Å². The predicted octanol–water partition coefficient (Wildman–Crippen LogP) is 7.13. The Morgan fingerprint density at radius 1 is 0.612 bits per heavy atom. The Labute approximate surface area is 298 Å². The van der Waals surface area contributed by atoms with Gasteiger partial charge in [-0.1, -0.05) is 30.3 Å². The molecule has 0 aliphatic carbocycles. The normalized spacial score (nSPS) is 10.0. The number of nitrogens with one attached hydrogen (secondary N) is 1. The Hall–Kier alpha value is -5.63. The van der Waals surface area contributed by atoms with Crippen LogP contribution in [0.3, 0.4) is 0 Å². The summed E-state index contributed by atoms with van der Waals surface area (Å²) in [5.41, 5.74) is 6.24. The fourth-order valence-corrected chi connectivity index (χ4v) is 4.80. The van der Waals surface area contributed by atoms with Crippen LogP contribution >= 0.6 is 0 Å². The summed E-state index contributed by atoms with van der Waals surface area (Å²) in [7, 11) is 0. The van der Waals surface area contributed by atoms with Crippen molar-refractivity contribution in [2.24, 2.45) is 0 Å². The Morgan fingerprint density at radius 3 is 1.71 bits per heavy atom. The molecule has 0 aliphatic heterocycles. The van der Waals surface area contributed by atoms with Gasteiger partial charge in [0.2, 0.25) is 5.91 Å². The average molecular weight is 823 g/mol. The van der Waals surface area contributed by atoms with Crippen LogP contribution in [0.25, 0.3) is 44.3 Å². The minimum Gasteiger partial charge on any atom is -0.550 e.